The molecule has 0 amide bonds. The van der Waals surface area contributed by atoms with Crippen LogP contribution in [0.25, 0.3) is 0 Å². The molecular formula is C24H21ClN2OS. The molecule has 5 heteroatoms. The topological polar surface area (TPSA) is 32.3 Å². The molecule has 0 radical (unpaired) electrons. The highest BCUT2D eigenvalue weighted by Crippen LogP contribution is 2.46. The largest absolute Gasteiger partial charge is 0.357 e. The van der Waals surface area contributed by atoms with Crippen LogP contribution in [0.2, 0.25) is 5.02 Å². The van der Waals surface area contributed by atoms with Crippen LogP contribution in [0.15, 0.2) is 77.3 Å². The Labute approximate surface area is 179 Å². The summed E-state index contributed by atoms with van der Waals surface area (Å²) in [6, 6.07) is 20.3. The number of fused-ring (bicyclic) bond motifs is 1. The first kappa shape index (κ1) is 18.5. The van der Waals surface area contributed by atoms with Crippen molar-refractivity contribution in [1.29, 1.82) is 0 Å². The van der Waals surface area contributed by atoms with Gasteiger partial charge in [-0.15, -0.1) is 11.3 Å². The Balaban J connectivity index is 1.73. The van der Waals surface area contributed by atoms with Crippen LogP contribution in [0.5, 0.6) is 0 Å². The molecule has 2 aliphatic rings. The second-order valence-corrected chi connectivity index (χ2v) is 8.83. The first-order valence-corrected chi connectivity index (χ1v) is 11.1. The van der Waals surface area contributed by atoms with Gasteiger partial charge in [0.15, 0.2) is 5.78 Å². The lowest BCUT2D eigenvalue weighted by atomic mass is 9.88. The van der Waals surface area contributed by atoms with Crippen molar-refractivity contribution in [2.24, 2.45) is 0 Å². The van der Waals surface area contributed by atoms with Gasteiger partial charge in [-0.1, -0.05) is 48.0 Å². The van der Waals surface area contributed by atoms with Gasteiger partial charge in [0, 0.05) is 34.1 Å². The van der Waals surface area contributed by atoms with Crippen molar-refractivity contribution in [2.75, 3.05) is 10.2 Å². The molecule has 1 aromatic heterocycles. The highest BCUT2D eigenvalue weighted by molar-refractivity contribution is 7.10. The molecule has 0 bridgehead atoms. The van der Waals surface area contributed by atoms with Gasteiger partial charge in [-0.05, 0) is 48.1 Å². The van der Waals surface area contributed by atoms with Crippen molar-refractivity contribution in [1.82, 2.24) is 0 Å². The number of hydrogen-bond acceptors (Lipinski definition) is 4. The SMILES string of the molecule is O=C1CCCC2=C1[C@@H](c1cccs1)N(Cc1ccccc1Cl)c1ccccc1N2. The van der Waals surface area contributed by atoms with E-state index in [-0.39, 0.29) is 11.8 Å². The van der Waals surface area contributed by atoms with Crippen molar-refractivity contribution in [3.05, 3.63) is 92.8 Å². The van der Waals surface area contributed by atoms with Crippen LogP contribution in [-0.2, 0) is 11.3 Å². The first-order valence-electron chi connectivity index (χ1n) is 9.88. The molecule has 0 fully saturated rings. The number of para-hydroxylation sites is 2. The second-order valence-electron chi connectivity index (χ2n) is 7.45. The predicted molar refractivity (Wildman–Crippen MR) is 121 cm³/mol. The van der Waals surface area contributed by atoms with E-state index in [0.717, 1.165) is 46.1 Å². The third-order valence-corrected chi connectivity index (χ3v) is 6.94. The van der Waals surface area contributed by atoms with E-state index in [1.54, 1.807) is 11.3 Å². The Morgan fingerprint density at radius 3 is 2.69 bits per heavy atom. The predicted octanol–water partition coefficient (Wildman–Crippen LogP) is 6.58. The minimum atomic E-state index is -0.120. The van der Waals surface area contributed by atoms with Crippen LogP contribution < -0.4 is 10.2 Å². The maximum Gasteiger partial charge on any atom is 0.163 e. The Bertz CT molecular complexity index is 1090. The number of allylic oxidation sites excluding steroid dienone is 1. The van der Waals surface area contributed by atoms with Crippen molar-refractivity contribution < 1.29 is 4.79 Å². The van der Waals surface area contributed by atoms with Crippen LogP contribution in [0.3, 0.4) is 0 Å². The van der Waals surface area contributed by atoms with E-state index in [0.29, 0.717) is 13.0 Å². The summed E-state index contributed by atoms with van der Waals surface area (Å²) in [7, 11) is 0. The summed E-state index contributed by atoms with van der Waals surface area (Å²) in [5.41, 5.74) is 5.15. The van der Waals surface area contributed by atoms with E-state index in [1.165, 1.54) is 4.88 Å². The average Bonchev–Trinajstić information content (AvgIpc) is 3.21. The molecular weight excluding hydrogens is 400 g/mol. The maximum atomic E-state index is 13.2. The van der Waals surface area contributed by atoms with Gasteiger partial charge in [-0.2, -0.15) is 0 Å². The minimum absolute atomic E-state index is 0.120. The monoisotopic (exact) mass is 420 g/mol. The van der Waals surface area contributed by atoms with Crippen LogP contribution in [-0.4, -0.2) is 5.78 Å². The van der Waals surface area contributed by atoms with E-state index in [1.807, 2.05) is 24.3 Å². The summed E-state index contributed by atoms with van der Waals surface area (Å²) >= 11 is 8.23. The number of ketones is 1. The lowest BCUT2D eigenvalue weighted by Crippen LogP contribution is -2.32. The van der Waals surface area contributed by atoms with Gasteiger partial charge in [0.05, 0.1) is 17.4 Å². The maximum absolute atomic E-state index is 13.2. The third-order valence-electron chi connectivity index (χ3n) is 5.65. The van der Waals surface area contributed by atoms with Gasteiger partial charge in [0.25, 0.3) is 0 Å². The second kappa shape index (κ2) is 7.69. The summed E-state index contributed by atoms with van der Waals surface area (Å²) in [5, 5.41) is 6.43. The van der Waals surface area contributed by atoms with Crippen LogP contribution in [0.4, 0.5) is 11.4 Å². The molecule has 29 heavy (non-hydrogen) atoms. The number of Topliss-reactive ketones (excluding diaryl/α,β-unsaturated/α-hetero) is 1. The van der Waals surface area contributed by atoms with Gasteiger partial charge in [0.1, 0.15) is 0 Å². The van der Waals surface area contributed by atoms with E-state index in [4.69, 9.17) is 11.6 Å². The summed E-state index contributed by atoms with van der Waals surface area (Å²) < 4.78 is 0. The average molecular weight is 421 g/mol. The summed E-state index contributed by atoms with van der Waals surface area (Å²) in [5.74, 6) is 0.245. The van der Waals surface area contributed by atoms with E-state index in [9.17, 15) is 4.79 Å². The Morgan fingerprint density at radius 1 is 1.03 bits per heavy atom. The zero-order chi connectivity index (χ0) is 19.8. The highest BCUT2D eigenvalue weighted by atomic mass is 35.5. The molecule has 1 aliphatic heterocycles. The molecule has 3 aromatic rings. The fourth-order valence-electron chi connectivity index (χ4n) is 4.33. The molecule has 1 N–H and O–H groups in total. The highest BCUT2D eigenvalue weighted by Gasteiger charge is 2.37. The number of thiophene rings is 1. The normalized spacial score (nSPS) is 18.7. The van der Waals surface area contributed by atoms with Gasteiger partial charge >= 0.3 is 0 Å². The first-order chi connectivity index (χ1) is 14.2. The number of benzene rings is 2. The summed E-state index contributed by atoms with van der Waals surface area (Å²) in [4.78, 5) is 16.7. The van der Waals surface area contributed by atoms with Crippen molar-refractivity contribution in [3.63, 3.8) is 0 Å². The number of nitrogens with one attached hydrogen (secondary N) is 1. The van der Waals surface area contributed by atoms with Gasteiger partial charge in [-0.25, -0.2) is 0 Å². The van der Waals surface area contributed by atoms with Gasteiger partial charge < -0.3 is 10.2 Å². The van der Waals surface area contributed by atoms with Crippen LogP contribution in [0, 0.1) is 0 Å². The molecule has 0 saturated carbocycles. The number of carbonyl (C=O) groups is 1. The smallest absolute Gasteiger partial charge is 0.163 e. The molecule has 146 valence electrons. The van der Waals surface area contributed by atoms with E-state index < -0.39 is 0 Å². The van der Waals surface area contributed by atoms with Crippen molar-refractivity contribution in [3.8, 4) is 0 Å². The Hall–Kier alpha value is -2.56. The number of nitrogens with zero attached hydrogens (tertiary/aromatic N) is 1. The fourth-order valence-corrected chi connectivity index (χ4v) is 5.37. The zero-order valence-corrected chi connectivity index (χ0v) is 17.5. The molecule has 5 rings (SSSR count). The fraction of sp³-hybridized carbons (Fsp3) is 0.208. The molecule has 1 aliphatic carbocycles. The quantitative estimate of drug-likeness (QED) is 0.519. The summed E-state index contributed by atoms with van der Waals surface area (Å²) in [6.45, 7) is 0.630. The van der Waals surface area contributed by atoms with E-state index in [2.05, 4.69) is 52.0 Å². The van der Waals surface area contributed by atoms with Crippen LogP contribution in [0.1, 0.15) is 35.7 Å². The standard InChI is InChI=1S/C24H21ClN2OS/c25-17-8-2-1-7-16(17)15-27-20-11-4-3-9-18(20)26-19-10-5-12-21(28)23(19)24(27)22-13-6-14-29-22/h1-4,6-9,11,13-14,24,26H,5,10,12,15H2/t24-/m1/s1. The third kappa shape index (κ3) is 3.37. The Kier molecular flexibility index (Phi) is 4.90. The molecule has 3 nitrogen and oxygen atoms in total. The molecule has 2 aromatic carbocycles. The zero-order valence-electron chi connectivity index (χ0n) is 15.9. The lowest BCUT2D eigenvalue weighted by molar-refractivity contribution is -0.116. The number of halogens is 1. The van der Waals surface area contributed by atoms with Gasteiger partial charge in [-0.3, -0.25) is 4.79 Å². The van der Waals surface area contributed by atoms with Crippen LogP contribution >= 0.6 is 22.9 Å². The molecule has 0 unspecified atom stereocenters. The van der Waals surface area contributed by atoms with Crippen molar-refractivity contribution in [2.45, 2.75) is 31.8 Å². The van der Waals surface area contributed by atoms with Crippen molar-refractivity contribution >= 4 is 40.1 Å². The molecule has 0 saturated heterocycles. The number of carbonyl (C=O) groups excluding carboxylic acids is 1. The number of hydrogen-bond donors (Lipinski definition) is 1. The van der Waals surface area contributed by atoms with E-state index >= 15 is 0 Å². The molecule has 1 atom stereocenters. The number of anilines is 2. The molecule has 2 heterocycles. The number of rotatable bonds is 3. The minimum Gasteiger partial charge on any atom is -0.357 e. The van der Waals surface area contributed by atoms with Gasteiger partial charge in [0.2, 0.25) is 0 Å². The molecule has 0 spiro atoms. The summed E-state index contributed by atoms with van der Waals surface area (Å²) in [6.07, 6.45) is 2.41. The Morgan fingerprint density at radius 2 is 1.86 bits per heavy atom. The lowest BCUT2D eigenvalue weighted by Gasteiger charge is -2.35.